The Bertz CT molecular complexity index is 604. The van der Waals surface area contributed by atoms with Crippen LogP contribution in [0.15, 0.2) is 30.3 Å². The summed E-state index contributed by atoms with van der Waals surface area (Å²) in [6, 6.07) is 8.16. The summed E-state index contributed by atoms with van der Waals surface area (Å²) in [5.41, 5.74) is 4.70. The molecule has 1 heterocycles. The van der Waals surface area contributed by atoms with Crippen LogP contribution in [0.25, 0.3) is 6.08 Å². The van der Waals surface area contributed by atoms with Crippen LogP contribution < -0.4 is 5.32 Å². The zero-order valence-corrected chi connectivity index (χ0v) is 12.0. The fourth-order valence-corrected chi connectivity index (χ4v) is 1.94. The molecule has 0 radical (unpaired) electrons. The Kier molecular flexibility index (Phi) is 4.35. The maximum absolute atomic E-state index is 11.9. The molecular weight excluding hydrogens is 250 g/mol. The molecule has 0 aliphatic carbocycles. The highest BCUT2D eigenvalue weighted by Crippen LogP contribution is 2.16. The molecule has 4 heteroatoms. The van der Waals surface area contributed by atoms with E-state index in [0.717, 1.165) is 29.1 Å². The van der Waals surface area contributed by atoms with Gasteiger partial charge in [-0.3, -0.25) is 9.89 Å². The van der Waals surface area contributed by atoms with Gasteiger partial charge >= 0.3 is 0 Å². The minimum absolute atomic E-state index is 0.155. The van der Waals surface area contributed by atoms with Crippen LogP contribution in [0.4, 0.5) is 5.69 Å². The molecule has 2 rings (SSSR count). The van der Waals surface area contributed by atoms with Crippen LogP contribution in [0.5, 0.6) is 0 Å². The summed E-state index contributed by atoms with van der Waals surface area (Å²) in [4.78, 5) is 11.9. The second-order valence-electron chi connectivity index (χ2n) is 4.73. The predicted octanol–water partition coefficient (Wildman–Crippen LogP) is 3.24. The number of aromatic nitrogens is 2. The van der Waals surface area contributed by atoms with Gasteiger partial charge in [0, 0.05) is 6.08 Å². The fourth-order valence-electron chi connectivity index (χ4n) is 1.94. The van der Waals surface area contributed by atoms with Crippen molar-refractivity contribution in [2.75, 3.05) is 5.32 Å². The number of hydrogen-bond donors (Lipinski definition) is 2. The van der Waals surface area contributed by atoms with E-state index in [-0.39, 0.29) is 5.91 Å². The summed E-state index contributed by atoms with van der Waals surface area (Å²) < 4.78 is 0. The van der Waals surface area contributed by atoms with Crippen LogP contribution in [0.1, 0.15) is 29.4 Å². The van der Waals surface area contributed by atoms with Crippen molar-refractivity contribution in [3.8, 4) is 0 Å². The number of nitrogens with zero attached hydrogens (tertiary/aromatic N) is 1. The molecule has 0 atom stereocenters. The number of aromatic amines is 1. The molecule has 20 heavy (non-hydrogen) atoms. The summed E-state index contributed by atoms with van der Waals surface area (Å²) in [6.45, 7) is 5.85. The van der Waals surface area contributed by atoms with Gasteiger partial charge in [0.2, 0.25) is 5.91 Å². The van der Waals surface area contributed by atoms with E-state index in [1.807, 2.05) is 26.0 Å². The summed E-state index contributed by atoms with van der Waals surface area (Å²) in [6.07, 6.45) is 4.36. The first kappa shape index (κ1) is 14.1. The minimum atomic E-state index is -0.155. The number of H-pyrrole nitrogens is 1. The van der Waals surface area contributed by atoms with Gasteiger partial charge in [0.05, 0.1) is 17.1 Å². The van der Waals surface area contributed by atoms with E-state index < -0.39 is 0 Å². The molecule has 1 aromatic carbocycles. The molecule has 1 aromatic heterocycles. The first-order valence-electron chi connectivity index (χ1n) is 6.69. The molecule has 0 unspecified atom stereocenters. The second kappa shape index (κ2) is 6.19. The van der Waals surface area contributed by atoms with Crippen LogP contribution in [0, 0.1) is 13.8 Å². The molecule has 0 spiro atoms. The van der Waals surface area contributed by atoms with Crippen molar-refractivity contribution in [3.63, 3.8) is 0 Å². The number of amides is 1. The lowest BCUT2D eigenvalue weighted by Crippen LogP contribution is -2.09. The molecular formula is C16H19N3O. The maximum Gasteiger partial charge on any atom is 0.248 e. The zero-order chi connectivity index (χ0) is 14.5. The lowest BCUT2D eigenvalue weighted by atomic mass is 10.1. The number of benzene rings is 1. The van der Waals surface area contributed by atoms with Crippen molar-refractivity contribution in [2.45, 2.75) is 27.2 Å². The van der Waals surface area contributed by atoms with Crippen LogP contribution in [0.3, 0.4) is 0 Å². The molecule has 2 aromatic rings. The van der Waals surface area contributed by atoms with Crippen LogP contribution in [-0.4, -0.2) is 16.1 Å². The topological polar surface area (TPSA) is 57.8 Å². The predicted molar refractivity (Wildman–Crippen MR) is 81.5 cm³/mol. The number of nitrogens with one attached hydrogen (secondary N) is 2. The van der Waals surface area contributed by atoms with Gasteiger partial charge in [-0.05, 0) is 37.5 Å². The van der Waals surface area contributed by atoms with Gasteiger partial charge in [-0.25, -0.2) is 0 Å². The number of anilines is 1. The van der Waals surface area contributed by atoms with E-state index in [4.69, 9.17) is 0 Å². The Hall–Kier alpha value is -2.36. The normalized spacial score (nSPS) is 10.9. The first-order chi connectivity index (χ1) is 9.60. The summed E-state index contributed by atoms with van der Waals surface area (Å²) in [5, 5.41) is 9.71. The van der Waals surface area contributed by atoms with Crippen molar-refractivity contribution in [2.24, 2.45) is 0 Å². The molecule has 0 saturated heterocycles. The monoisotopic (exact) mass is 269 g/mol. The van der Waals surface area contributed by atoms with Crippen molar-refractivity contribution >= 4 is 17.7 Å². The Morgan fingerprint density at radius 2 is 2.00 bits per heavy atom. The molecule has 1 amide bonds. The average Bonchev–Trinajstić information content (AvgIpc) is 2.77. The highest BCUT2D eigenvalue weighted by Gasteiger charge is 2.07. The zero-order valence-electron chi connectivity index (χ0n) is 12.0. The molecule has 104 valence electrons. The number of carbonyl (C=O) groups excluding carboxylic acids is 1. The summed E-state index contributed by atoms with van der Waals surface area (Å²) in [7, 11) is 0. The van der Waals surface area contributed by atoms with Crippen molar-refractivity contribution in [1.82, 2.24) is 10.2 Å². The third-order valence-electron chi connectivity index (χ3n) is 3.19. The molecule has 0 fully saturated rings. The van der Waals surface area contributed by atoms with Gasteiger partial charge in [-0.1, -0.05) is 31.2 Å². The third-order valence-corrected chi connectivity index (χ3v) is 3.19. The van der Waals surface area contributed by atoms with Crippen molar-refractivity contribution in [3.05, 3.63) is 52.9 Å². The van der Waals surface area contributed by atoms with E-state index in [0.29, 0.717) is 0 Å². The molecule has 0 aliphatic heterocycles. The van der Waals surface area contributed by atoms with Crippen molar-refractivity contribution < 1.29 is 4.79 Å². The largest absolute Gasteiger partial charge is 0.319 e. The van der Waals surface area contributed by atoms with Gasteiger partial charge in [0.1, 0.15) is 0 Å². The second-order valence-corrected chi connectivity index (χ2v) is 4.73. The quantitative estimate of drug-likeness (QED) is 0.837. The van der Waals surface area contributed by atoms with E-state index in [2.05, 4.69) is 34.6 Å². The molecule has 0 saturated carbocycles. The van der Waals surface area contributed by atoms with Crippen molar-refractivity contribution in [1.29, 1.82) is 0 Å². The first-order valence-corrected chi connectivity index (χ1v) is 6.69. The maximum atomic E-state index is 11.9. The van der Waals surface area contributed by atoms with Gasteiger partial charge < -0.3 is 5.32 Å². The van der Waals surface area contributed by atoms with Gasteiger partial charge in [-0.2, -0.15) is 5.10 Å². The third kappa shape index (κ3) is 3.35. The molecule has 0 aliphatic rings. The van der Waals surface area contributed by atoms with Crippen LogP contribution in [0.2, 0.25) is 0 Å². The van der Waals surface area contributed by atoms with E-state index in [1.165, 1.54) is 11.6 Å². The Balaban J connectivity index is 2.02. The highest BCUT2D eigenvalue weighted by molar-refractivity contribution is 6.02. The Morgan fingerprint density at radius 3 is 2.55 bits per heavy atom. The fraction of sp³-hybridized carbons (Fsp3) is 0.250. The standard InChI is InChI=1S/C16H19N3O/c1-4-13-5-7-14(8-6-13)9-10-15(20)17-16-11(2)18-19-12(16)3/h5-10H,4H2,1-3H3,(H,17,20)(H,18,19)/b10-9+. The SMILES string of the molecule is CCc1ccc(/C=C/C(=O)Nc2c(C)n[nH]c2C)cc1. The number of aryl methyl sites for hydroxylation is 3. The number of rotatable bonds is 4. The molecule has 2 N–H and O–H groups in total. The molecule has 0 bridgehead atoms. The van der Waals surface area contributed by atoms with Crippen LogP contribution >= 0.6 is 0 Å². The lowest BCUT2D eigenvalue weighted by Gasteiger charge is -2.01. The summed E-state index contributed by atoms with van der Waals surface area (Å²) >= 11 is 0. The lowest BCUT2D eigenvalue weighted by molar-refractivity contribution is -0.111. The minimum Gasteiger partial charge on any atom is -0.319 e. The van der Waals surface area contributed by atoms with Gasteiger partial charge in [0.25, 0.3) is 0 Å². The van der Waals surface area contributed by atoms with E-state index >= 15 is 0 Å². The number of hydrogen-bond acceptors (Lipinski definition) is 2. The Morgan fingerprint density at radius 1 is 1.30 bits per heavy atom. The average molecular weight is 269 g/mol. The van der Waals surface area contributed by atoms with Crippen LogP contribution in [-0.2, 0) is 11.2 Å². The van der Waals surface area contributed by atoms with Gasteiger partial charge in [0.15, 0.2) is 0 Å². The smallest absolute Gasteiger partial charge is 0.248 e. The van der Waals surface area contributed by atoms with E-state index in [9.17, 15) is 4.79 Å². The Labute approximate surface area is 118 Å². The summed E-state index contributed by atoms with van der Waals surface area (Å²) in [5.74, 6) is -0.155. The molecule has 4 nitrogen and oxygen atoms in total. The van der Waals surface area contributed by atoms with Gasteiger partial charge in [-0.15, -0.1) is 0 Å². The van der Waals surface area contributed by atoms with E-state index in [1.54, 1.807) is 6.08 Å². The highest BCUT2D eigenvalue weighted by atomic mass is 16.1. The number of carbonyl (C=O) groups is 1.